The van der Waals surface area contributed by atoms with E-state index < -0.39 is 0 Å². The summed E-state index contributed by atoms with van der Waals surface area (Å²) in [5, 5.41) is 7.69. The fourth-order valence-electron chi connectivity index (χ4n) is 3.15. The van der Waals surface area contributed by atoms with Gasteiger partial charge in [0.25, 0.3) is 0 Å². The van der Waals surface area contributed by atoms with E-state index in [0.29, 0.717) is 13.1 Å². The highest BCUT2D eigenvalue weighted by Crippen LogP contribution is 2.22. The van der Waals surface area contributed by atoms with Crippen molar-refractivity contribution < 1.29 is 4.79 Å². The molecule has 2 aromatic heterocycles. The van der Waals surface area contributed by atoms with E-state index in [1.54, 1.807) is 11.3 Å². The Morgan fingerprint density at radius 1 is 1.21 bits per heavy atom. The molecule has 3 aromatic rings. The lowest BCUT2D eigenvalue weighted by Gasteiger charge is -2.15. The van der Waals surface area contributed by atoms with Crippen LogP contribution in [0, 0.1) is 13.8 Å². The molecule has 0 aliphatic rings. The zero-order valence-corrected chi connectivity index (χ0v) is 18.8. The lowest BCUT2D eigenvalue weighted by Crippen LogP contribution is -2.34. The molecule has 0 aliphatic heterocycles. The van der Waals surface area contributed by atoms with Gasteiger partial charge in [-0.1, -0.05) is 30.3 Å². The van der Waals surface area contributed by atoms with Gasteiger partial charge in [0.1, 0.15) is 0 Å². The molecule has 0 unspecified atom stereocenters. The Bertz CT molecular complexity index is 935. The van der Waals surface area contributed by atoms with E-state index in [-0.39, 0.29) is 5.91 Å². The largest absolute Gasteiger partial charge is 0.351 e. The number of hydrogen-bond acceptors (Lipinski definition) is 4. The summed E-state index contributed by atoms with van der Waals surface area (Å²) in [4.78, 5) is 15.6. The zero-order valence-electron chi connectivity index (χ0n) is 16.4. The minimum Gasteiger partial charge on any atom is -0.351 e. The van der Waals surface area contributed by atoms with Gasteiger partial charge in [0.2, 0.25) is 5.91 Å². The second-order valence-corrected chi connectivity index (χ2v) is 9.50. The predicted octanol–water partition coefficient (Wildman–Crippen LogP) is 4.12. The topological polar surface area (TPSA) is 50.2 Å². The Hall–Kier alpha value is -1.96. The Morgan fingerprint density at radius 3 is 2.64 bits per heavy atom. The molecule has 148 valence electrons. The van der Waals surface area contributed by atoms with Crippen LogP contribution in [-0.4, -0.2) is 34.2 Å². The average molecular weight is 461 g/mol. The third-order valence-electron chi connectivity index (χ3n) is 4.64. The molecule has 1 amide bonds. The Labute approximate surface area is 178 Å². The molecule has 0 spiro atoms. The van der Waals surface area contributed by atoms with Gasteiger partial charge < -0.3 is 5.32 Å². The molecular weight excluding hydrogens is 436 g/mol. The standard InChI is InChI=1S/C21H25BrN4OS/c1-15-19(16(2)26(24-15)12-17-7-5-4-6-8-17)11-23-21(27)14-25(3)13-18-9-10-20(22)28-18/h4-10H,11-14H2,1-3H3,(H,23,27). The minimum atomic E-state index is 0.0210. The number of likely N-dealkylation sites (N-methyl/N-ethyl adjacent to an activating group) is 1. The molecule has 0 saturated carbocycles. The van der Waals surface area contributed by atoms with E-state index in [0.717, 1.165) is 33.8 Å². The quantitative estimate of drug-likeness (QED) is 0.549. The molecule has 0 atom stereocenters. The molecule has 0 bridgehead atoms. The second-order valence-electron chi connectivity index (χ2n) is 6.95. The molecule has 0 fully saturated rings. The zero-order chi connectivity index (χ0) is 20.1. The molecule has 0 radical (unpaired) electrons. The minimum absolute atomic E-state index is 0.0210. The molecule has 28 heavy (non-hydrogen) atoms. The van der Waals surface area contributed by atoms with Crippen molar-refractivity contribution in [2.24, 2.45) is 0 Å². The molecule has 7 heteroatoms. The van der Waals surface area contributed by atoms with Crippen LogP contribution < -0.4 is 5.32 Å². The van der Waals surface area contributed by atoms with Gasteiger partial charge in [-0.25, -0.2) is 0 Å². The molecule has 0 saturated heterocycles. The number of rotatable bonds is 8. The van der Waals surface area contributed by atoms with Gasteiger partial charge in [0.05, 0.1) is 22.6 Å². The molecule has 5 nitrogen and oxygen atoms in total. The third-order valence-corrected chi connectivity index (χ3v) is 6.25. The van der Waals surface area contributed by atoms with Gasteiger partial charge in [0.15, 0.2) is 0 Å². The average Bonchev–Trinajstić information content (AvgIpc) is 3.17. The van der Waals surface area contributed by atoms with E-state index in [4.69, 9.17) is 0 Å². The Kier molecular flexibility index (Phi) is 7.04. The highest BCUT2D eigenvalue weighted by molar-refractivity contribution is 9.11. The lowest BCUT2D eigenvalue weighted by molar-refractivity contribution is -0.122. The van der Waals surface area contributed by atoms with Crippen LogP contribution in [0.1, 0.15) is 27.4 Å². The number of carbonyl (C=O) groups excluding carboxylic acids is 1. The van der Waals surface area contributed by atoms with Crippen LogP contribution in [0.2, 0.25) is 0 Å². The Balaban J connectivity index is 1.54. The summed E-state index contributed by atoms with van der Waals surface area (Å²) in [6.07, 6.45) is 0. The van der Waals surface area contributed by atoms with Crippen molar-refractivity contribution in [2.75, 3.05) is 13.6 Å². The van der Waals surface area contributed by atoms with Gasteiger partial charge >= 0.3 is 0 Å². The molecule has 3 rings (SSSR count). The number of amides is 1. The van der Waals surface area contributed by atoms with Crippen molar-refractivity contribution in [3.8, 4) is 0 Å². The fraction of sp³-hybridized carbons (Fsp3) is 0.333. The number of halogens is 1. The van der Waals surface area contributed by atoms with Crippen molar-refractivity contribution in [1.82, 2.24) is 20.0 Å². The number of aryl methyl sites for hydroxylation is 1. The first kappa shape index (κ1) is 20.8. The van der Waals surface area contributed by atoms with Crippen molar-refractivity contribution >= 4 is 33.2 Å². The summed E-state index contributed by atoms with van der Waals surface area (Å²) in [7, 11) is 1.96. The highest BCUT2D eigenvalue weighted by Gasteiger charge is 2.14. The highest BCUT2D eigenvalue weighted by atomic mass is 79.9. The van der Waals surface area contributed by atoms with Crippen LogP contribution in [0.3, 0.4) is 0 Å². The smallest absolute Gasteiger partial charge is 0.234 e. The summed E-state index contributed by atoms with van der Waals surface area (Å²) in [6, 6.07) is 14.4. The van der Waals surface area contributed by atoms with Gasteiger partial charge in [-0.15, -0.1) is 11.3 Å². The normalized spacial score (nSPS) is 11.2. The van der Waals surface area contributed by atoms with Crippen molar-refractivity contribution in [1.29, 1.82) is 0 Å². The van der Waals surface area contributed by atoms with Crippen molar-refractivity contribution in [3.63, 3.8) is 0 Å². The Morgan fingerprint density at radius 2 is 1.96 bits per heavy atom. The predicted molar refractivity (Wildman–Crippen MR) is 117 cm³/mol. The van der Waals surface area contributed by atoms with Crippen LogP contribution >= 0.6 is 27.3 Å². The summed E-state index contributed by atoms with van der Waals surface area (Å²) in [5.74, 6) is 0.0210. The van der Waals surface area contributed by atoms with E-state index in [1.165, 1.54) is 10.4 Å². The fourth-order valence-corrected chi connectivity index (χ4v) is 4.71. The van der Waals surface area contributed by atoms with Crippen molar-refractivity contribution in [2.45, 2.75) is 33.5 Å². The summed E-state index contributed by atoms with van der Waals surface area (Å²) in [6.45, 7) is 6.43. The van der Waals surface area contributed by atoms with E-state index in [1.807, 2.05) is 47.8 Å². The van der Waals surface area contributed by atoms with E-state index >= 15 is 0 Å². The van der Waals surface area contributed by atoms with Gasteiger partial charge in [-0.3, -0.25) is 14.4 Å². The summed E-state index contributed by atoms with van der Waals surface area (Å²) >= 11 is 5.17. The van der Waals surface area contributed by atoms with Crippen LogP contribution in [0.5, 0.6) is 0 Å². The lowest BCUT2D eigenvalue weighted by atomic mass is 10.2. The number of nitrogens with zero attached hydrogens (tertiary/aromatic N) is 3. The number of carbonyl (C=O) groups is 1. The number of nitrogens with one attached hydrogen (secondary N) is 1. The molecule has 1 aromatic carbocycles. The maximum absolute atomic E-state index is 12.4. The monoisotopic (exact) mass is 460 g/mol. The van der Waals surface area contributed by atoms with Crippen molar-refractivity contribution in [3.05, 3.63) is 73.6 Å². The summed E-state index contributed by atoms with van der Waals surface area (Å²) in [5.41, 5.74) is 4.36. The third kappa shape index (κ3) is 5.53. The number of hydrogen-bond donors (Lipinski definition) is 1. The van der Waals surface area contributed by atoms with Gasteiger partial charge in [-0.2, -0.15) is 5.10 Å². The van der Waals surface area contributed by atoms with E-state index in [2.05, 4.69) is 51.5 Å². The number of thiophene rings is 1. The first-order valence-electron chi connectivity index (χ1n) is 9.18. The maximum Gasteiger partial charge on any atom is 0.234 e. The maximum atomic E-state index is 12.4. The molecule has 2 heterocycles. The van der Waals surface area contributed by atoms with Crippen LogP contribution in [0.4, 0.5) is 0 Å². The molecule has 0 aliphatic carbocycles. The SMILES string of the molecule is Cc1nn(Cc2ccccc2)c(C)c1CNC(=O)CN(C)Cc1ccc(Br)s1. The summed E-state index contributed by atoms with van der Waals surface area (Å²) < 4.78 is 3.12. The van der Waals surface area contributed by atoms with Crippen LogP contribution in [0.25, 0.3) is 0 Å². The van der Waals surface area contributed by atoms with E-state index in [9.17, 15) is 4.79 Å². The molecule has 1 N–H and O–H groups in total. The number of benzene rings is 1. The van der Waals surface area contributed by atoms with Crippen LogP contribution in [0.15, 0.2) is 46.3 Å². The van der Waals surface area contributed by atoms with Gasteiger partial charge in [0, 0.05) is 29.2 Å². The first-order chi connectivity index (χ1) is 13.4. The first-order valence-corrected chi connectivity index (χ1v) is 10.8. The second kappa shape index (κ2) is 9.49. The molecular formula is C21H25BrN4OS. The van der Waals surface area contributed by atoms with Crippen LogP contribution in [-0.2, 0) is 24.4 Å². The van der Waals surface area contributed by atoms with Gasteiger partial charge in [-0.05, 0) is 54.5 Å². The number of aromatic nitrogens is 2.